The van der Waals surface area contributed by atoms with Crippen LogP contribution >= 0.6 is 0 Å². The van der Waals surface area contributed by atoms with Crippen molar-refractivity contribution in [2.75, 3.05) is 33.3 Å². The lowest BCUT2D eigenvalue weighted by atomic mass is 10.3. The summed E-state index contributed by atoms with van der Waals surface area (Å²) in [7, 11) is 1.00. The Morgan fingerprint density at radius 1 is 0.769 bits per heavy atom. The third kappa shape index (κ3) is 8.18. The molecule has 0 aromatic carbocycles. The topological polar surface area (TPSA) is 81.7 Å². The predicted molar refractivity (Wildman–Crippen MR) is 56.1 cm³/mol. The van der Waals surface area contributed by atoms with E-state index < -0.39 is 0 Å². The van der Waals surface area contributed by atoms with Crippen molar-refractivity contribution in [3.8, 4) is 0 Å². The first-order valence-corrected chi connectivity index (χ1v) is 4.54. The van der Waals surface area contributed by atoms with E-state index in [9.17, 15) is 0 Å². The van der Waals surface area contributed by atoms with Crippen LogP contribution in [0.1, 0.15) is 27.7 Å². The van der Waals surface area contributed by atoms with E-state index in [1.54, 1.807) is 0 Å². The van der Waals surface area contributed by atoms with Gasteiger partial charge in [-0.05, 0) is 27.7 Å². The van der Waals surface area contributed by atoms with Crippen LogP contribution in [0.2, 0.25) is 0 Å². The molecule has 13 heavy (non-hydrogen) atoms. The van der Waals surface area contributed by atoms with Crippen LogP contribution in [0.25, 0.3) is 0 Å². The third-order valence-electron chi connectivity index (χ3n) is 2.68. The van der Waals surface area contributed by atoms with Gasteiger partial charge in [0.2, 0.25) is 0 Å². The lowest BCUT2D eigenvalue weighted by molar-refractivity contribution is -0.921. The van der Waals surface area contributed by atoms with Gasteiger partial charge in [-0.2, -0.15) is 0 Å². The molecule has 0 radical (unpaired) electrons. The molecule has 0 spiro atoms. The second-order valence-corrected chi connectivity index (χ2v) is 2.61. The summed E-state index contributed by atoms with van der Waals surface area (Å²) in [4.78, 5) is 0. The highest BCUT2D eigenvalue weighted by molar-refractivity contribution is 4.31. The fraction of sp³-hybridized carbons (Fsp3) is 1.00. The molecule has 86 valence electrons. The smallest absolute Gasteiger partial charge is 0.0757 e. The van der Waals surface area contributed by atoms with E-state index in [2.05, 4.69) is 27.7 Å². The van der Waals surface area contributed by atoms with Crippen molar-refractivity contribution in [1.82, 2.24) is 0 Å². The quantitative estimate of drug-likeness (QED) is 0.665. The van der Waals surface area contributed by atoms with Crippen molar-refractivity contribution in [2.45, 2.75) is 27.7 Å². The maximum Gasteiger partial charge on any atom is 0.0757 e. The zero-order valence-corrected chi connectivity index (χ0v) is 9.67. The Labute approximate surface area is 82.4 Å². The van der Waals surface area contributed by atoms with Gasteiger partial charge in [0.1, 0.15) is 0 Å². The second kappa shape index (κ2) is 14.4. The number of aliphatic hydroxyl groups is 1. The number of rotatable bonds is 4. The first-order chi connectivity index (χ1) is 5.24. The third-order valence-corrected chi connectivity index (χ3v) is 2.68. The summed E-state index contributed by atoms with van der Waals surface area (Å²) >= 11 is 0. The van der Waals surface area contributed by atoms with Gasteiger partial charge in [-0.1, -0.05) is 0 Å². The Kier molecular flexibility index (Phi) is 25.5. The Bertz CT molecular complexity index is 57.8. The molecule has 0 rings (SSSR count). The fourth-order valence-electron chi connectivity index (χ4n) is 1.34. The Morgan fingerprint density at radius 3 is 0.923 bits per heavy atom. The van der Waals surface area contributed by atoms with Crippen molar-refractivity contribution in [3.63, 3.8) is 0 Å². The van der Waals surface area contributed by atoms with Crippen LogP contribution in [0.3, 0.4) is 0 Å². The largest absolute Gasteiger partial charge is 0.870 e. The highest BCUT2D eigenvalue weighted by Gasteiger charge is 2.16. The summed E-state index contributed by atoms with van der Waals surface area (Å²) in [6.07, 6.45) is 0. The molecule has 0 fully saturated rings. The minimum atomic E-state index is 0. The standard InChI is InChI=1S/C8H20N.CH4O.2H2O/c1-5-9(6-2,7-3)8-4;1-2;;/h5-8H2,1-4H3;2H,1H3;2*1H2/q+1;;;/p-1. The molecule has 0 heterocycles. The van der Waals surface area contributed by atoms with E-state index >= 15 is 0 Å². The van der Waals surface area contributed by atoms with Crippen molar-refractivity contribution in [1.29, 1.82) is 0 Å². The van der Waals surface area contributed by atoms with Crippen LogP contribution in [0.5, 0.6) is 0 Å². The van der Waals surface area contributed by atoms with Crippen LogP contribution in [-0.4, -0.2) is 53.8 Å². The molecule has 0 bridgehead atoms. The molecule has 0 aromatic rings. The number of quaternary nitrogens is 1. The monoisotopic (exact) mass is 197 g/mol. The van der Waals surface area contributed by atoms with E-state index in [0.29, 0.717) is 0 Å². The minimum Gasteiger partial charge on any atom is -0.870 e. The lowest BCUT2D eigenvalue weighted by Gasteiger charge is -2.34. The molecule has 0 saturated heterocycles. The van der Waals surface area contributed by atoms with Gasteiger partial charge < -0.3 is 20.5 Å². The normalized spacial score (nSPS) is 8.77. The zero-order valence-electron chi connectivity index (χ0n) is 9.67. The summed E-state index contributed by atoms with van der Waals surface area (Å²) < 4.78 is 1.28. The van der Waals surface area contributed by atoms with E-state index in [0.717, 1.165) is 7.11 Å². The van der Waals surface area contributed by atoms with Crippen LogP contribution in [0.15, 0.2) is 0 Å². The molecule has 0 unspecified atom stereocenters. The Hall–Kier alpha value is -0.160. The average Bonchev–Trinajstić information content (AvgIpc) is 2.13. The van der Waals surface area contributed by atoms with Gasteiger partial charge in [-0.15, -0.1) is 0 Å². The summed E-state index contributed by atoms with van der Waals surface area (Å²) in [6.45, 7) is 14.2. The van der Waals surface area contributed by atoms with Crippen LogP contribution < -0.4 is 0 Å². The zero-order chi connectivity index (χ0) is 9.33. The van der Waals surface area contributed by atoms with Gasteiger partial charge >= 0.3 is 0 Å². The Balaban J connectivity index is -0.0000000941. The Morgan fingerprint density at radius 2 is 0.923 bits per heavy atom. The lowest BCUT2D eigenvalue weighted by Crippen LogP contribution is -2.47. The highest BCUT2D eigenvalue weighted by atomic mass is 16.2. The van der Waals surface area contributed by atoms with Gasteiger partial charge in [0.05, 0.1) is 26.2 Å². The molecule has 0 atom stereocenters. The first kappa shape index (κ1) is 23.0. The van der Waals surface area contributed by atoms with Crippen molar-refractivity contribution >= 4 is 0 Å². The first-order valence-electron chi connectivity index (χ1n) is 4.54. The van der Waals surface area contributed by atoms with Crippen LogP contribution in [-0.2, 0) is 0 Å². The van der Waals surface area contributed by atoms with E-state index in [1.807, 2.05) is 0 Å². The molecule has 0 amide bonds. The van der Waals surface area contributed by atoms with Gasteiger partial charge in [0.25, 0.3) is 0 Å². The molecular formula is C9H27NO3. The summed E-state index contributed by atoms with van der Waals surface area (Å²) in [5.74, 6) is 0. The highest BCUT2D eigenvalue weighted by Crippen LogP contribution is 2.03. The predicted octanol–water partition coefficient (Wildman–Crippen LogP) is 0.490. The number of aliphatic hydroxyl groups excluding tert-OH is 1. The summed E-state index contributed by atoms with van der Waals surface area (Å²) in [6, 6.07) is 0. The van der Waals surface area contributed by atoms with Crippen LogP contribution in [0.4, 0.5) is 0 Å². The van der Waals surface area contributed by atoms with E-state index in [1.165, 1.54) is 30.7 Å². The van der Waals surface area contributed by atoms with Crippen LogP contribution in [0, 0.1) is 0 Å². The molecule has 0 aliphatic heterocycles. The van der Waals surface area contributed by atoms with E-state index in [-0.39, 0.29) is 11.0 Å². The van der Waals surface area contributed by atoms with Gasteiger partial charge in [0, 0.05) is 7.11 Å². The SMILES string of the molecule is CC[N+](CC)(CC)CC.CO.O.[OH-]. The fourth-order valence-corrected chi connectivity index (χ4v) is 1.34. The van der Waals surface area contributed by atoms with Gasteiger partial charge in [-0.25, -0.2) is 0 Å². The molecule has 0 aromatic heterocycles. The van der Waals surface area contributed by atoms with Gasteiger partial charge in [-0.3, -0.25) is 0 Å². The van der Waals surface area contributed by atoms with Crippen molar-refractivity contribution < 1.29 is 20.5 Å². The molecule has 0 aliphatic rings. The minimum absolute atomic E-state index is 0. The maximum absolute atomic E-state index is 7.00. The molecular weight excluding hydrogens is 170 g/mol. The average molecular weight is 197 g/mol. The molecule has 4 N–H and O–H groups in total. The number of nitrogens with zero attached hydrogens (tertiary/aromatic N) is 1. The second-order valence-electron chi connectivity index (χ2n) is 2.61. The summed E-state index contributed by atoms with van der Waals surface area (Å²) in [5, 5.41) is 7.00. The van der Waals surface area contributed by atoms with Gasteiger partial charge in [0.15, 0.2) is 0 Å². The number of hydrogen-bond donors (Lipinski definition) is 1. The van der Waals surface area contributed by atoms with Crippen molar-refractivity contribution in [2.24, 2.45) is 0 Å². The van der Waals surface area contributed by atoms with Crippen molar-refractivity contribution in [3.05, 3.63) is 0 Å². The molecule has 0 aliphatic carbocycles. The molecule has 4 heteroatoms. The summed E-state index contributed by atoms with van der Waals surface area (Å²) in [5.41, 5.74) is 0. The molecule has 0 saturated carbocycles. The maximum atomic E-state index is 7.00. The number of hydrogen-bond acceptors (Lipinski definition) is 2. The van der Waals surface area contributed by atoms with E-state index in [4.69, 9.17) is 5.11 Å². The molecule has 4 nitrogen and oxygen atoms in total.